The largest absolute Gasteiger partial charge is 0.490 e. The Balaban J connectivity index is 1.77. The van der Waals surface area contributed by atoms with Crippen LogP contribution in [0, 0.1) is 3.57 Å². The minimum atomic E-state index is -0.760. The number of fused-ring (bicyclic) bond motifs is 1. The van der Waals surface area contributed by atoms with Crippen LogP contribution < -0.4 is 24.4 Å². The number of hydrogen-bond acceptors (Lipinski definition) is 9. The molecule has 0 radical (unpaired) electrons. The summed E-state index contributed by atoms with van der Waals surface area (Å²) in [7, 11) is 0. The molecule has 8 nitrogen and oxygen atoms in total. The molecule has 5 rings (SSSR count). The molecular weight excluding hydrogens is 711 g/mol. The highest BCUT2D eigenvalue weighted by molar-refractivity contribution is 14.1. The van der Waals surface area contributed by atoms with Gasteiger partial charge in [-0.15, -0.1) is 11.8 Å². The maximum absolute atomic E-state index is 14.2. The van der Waals surface area contributed by atoms with Gasteiger partial charge in [0.15, 0.2) is 16.3 Å². The van der Waals surface area contributed by atoms with Gasteiger partial charge in [0.05, 0.1) is 38.6 Å². The van der Waals surface area contributed by atoms with Crippen molar-refractivity contribution in [2.75, 3.05) is 19.5 Å². The molecule has 0 N–H and O–H groups in total. The lowest BCUT2D eigenvalue weighted by molar-refractivity contribution is -0.139. The molecule has 4 aromatic rings. The van der Waals surface area contributed by atoms with Crippen LogP contribution in [0.5, 0.6) is 11.5 Å². The molecule has 0 bridgehead atoms. The summed E-state index contributed by atoms with van der Waals surface area (Å²) in [4.78, 5) is 46.0. The van der Waals surface area contributed by atoms with Gasteiger partial charge in [-0.05, 0) is 84.2 Å². The number of halogens is 1. The van der Waals surface area contributed by atoms with Crippen LogP contribution in [0.15, 0.2) is 87.0 Å². The predicted molar refractivity (Wildman–Crippen MR) is 181 cm³/mol. The normalized spacial score (nSPS) is 14.6. The van der Waals surface area contributed by atoms with Crippen molar-refractivity contribution in [3.05, 3.63) is 112 Å². The second kappa shape index (κ2) is 14.0. The lowest BCUT2D eigenvalue weighted by Gasteiger charge is -2.26. The van der Waals surface area contributed by atoms with E-state index in [1.807, 2.05) is 73.8 Å². The molecule has 3 aromatic carbocycles. The number of rotatable bonds is 9. The van der Waals surface area contributed by atoms with Crippen molar-refractivity contribution >= 4 is 69.4 Å². The molecule has 2 heterocycles. The molecule has 1 atom stereocenters. The van der Waals surface area contributed by atoms with E-state index in [2.05, 4.69) is 22.6 Å². The van der Waals surface area contributed by atoms with Crippen LogP contribution in [-0.4, -0.2) is 36.0 Å². The topological polar surface area (TPSA) is 96.2 Å². The first-order valence-corrected chi connectivity index (χ1v) is 16.9. The smallest absolute Gasteiger partial charge is 0.338 e. The van der Waals surface area contributed by atoms with Gasteiger partial charge in [-0.3, -0.25) is 14.2 Å². The highest BCUT2D eigenvalue weighted by Gasteiger charge is 2.35. The third-order valence-corrected chi connectivity index (χ3v) is 9.21. The summed E-state index contributed by atoms with van der Waals surface area (Å²) in [6, 6.07) is 20.1. The lowest BCUT2D eigenvalue weighted by Crippen LogP contribution is -2.40. The Morgan fingerprint density at radius 2 is 1.80 bits per heavy atom. The number of thiazole rings is 1. The van der Waals surface area contributed by atoms with E-state index in [1.54, 1.807) is 35.4 Å². The Morgan fingerprint density at radius 1 is 1.07 bits per heavy atom. The minimum Gasteiger partial charge on any atom is -0.490 e. The van der Waals surface area contributed by atoms with Crippen molar-refractivity contribution in [2.45, 2.75) is 31.7 Å². The van der Waals surface area contributed by atoms with E-state index in [4.69, 9.17) is 19.2 Å². The summed E-state index contributed by atoms with van der Waals surface area (Å²) < 4.78 is 19.4. The Kier molecular flexibility index (Phi) is 10.1. The van der Waals surface area contributed by atoms with Gasteiger partial charge in [0.25, 0.3) is 5.56 Å². The number of benzene rings is 3. The number of carbonyl (C=O) groups is 2. The van der Waals surface area contributed by atoms with Crippen LogP contribution in [-0.2, 0) is 14.3 Å². The SMILES string of the molecule is CCOC(=O)C1=C(c2ccccc2)N=c2s/c(=C\c3cc(I)c(OC(C)=O)c(OCC)c3)c(=O)n2[C@@H]1c1ccc(SC)cc1. The molecular formula is C33H29IN2O6S2. The second-order valence-corrected chi connectivity index (χ2v) is 12.6. The van der Waals surface area contributed by atoms with Gasteiger partial charge < -0.3 is 14.2 Å². The summed E-state index contributed by atoms with van der Waals surface area (Å²) in [6.07, 6.45) is 3.75. The third-order valence-electron chi connectivity index (χ3n) is 6.68. The van der Waals surface area contributed by atoms with Crippen molar-refractivity contribution in [1.82, 2.24) is 4.57 Å². The molecule has 0 saturated carbocycles. The van der Waals surface area contributed by atoms with E-state index in [0.29, 0.717) is 47.8 Å². The Bertz CT molecular complexity index is 1930. The number of aromatic nitrogens is 1. The zero-order valence-electron chi connectivity index (χ0n) is 24.5. The number of ether oxygens (including phenoxy) is 3. The fraction of sp³-hybridized carbons (Fsp3) is 0.212. The standard InChI is InChI=1S/C33H29IN2O6S2/c1-5-40-25-17-20(16-24(34)30(25)42-19(3)37)18-26-31(38)36-29(22-12-14-23(43-4)15-13-22)27(32(39)41-6-2)28(35-33(36)44-26)21-10-8-7-9-11-21/h7-18,29H,5-6H2,1-4H3/b26-18-/t29-/m1/s1. The quantitative estimate of drug-likeness (QED) is 0.0957. The molecule has 226 valence electrons. The van der Waals surface area contributed by atoms with Gasteiger partial charge in [-0.25, -0.2) is 9.79 Å². The molecule has 1 aromatic heterocycles. The fourth-order valence-corrected chi connectivity index (χ4v) is 7.02. The number of nitrogens with zero attached hydrogens (tertiary/aromatic N) is 2. The zero-order chi connectivity index (χ0) is 31.4. The second-order valence-electron chi connectivity index (χ2n) is 9.56. The van der Waals surface area contributed by atoms with Crippen LogP contribution >= 0.6 is 45.7 Å². The number of esters is 2. The molecule has 0 unspecified atom stereocenters. The maximum Gasteiger partial charge on any atom is 0.338 e. The number of hydrogen-bond donors (Lipinski definition) is 0. The van der Waals surface area contributed by atoms with Gasteiger partial charge in [0.2, 0.25) is 0 Å². The van der Waals surface area contributed by atoms with Crippen molar-refractivity contribution in [1.29, 1.82) is 0 Å². The van der Waals surface area contributed by atoms with E-state index in [1.165, 1.54) is 18.3 Å². The Labute approximate surface area is 276 Å². The maximum atomic E-state index is 14.2. The third kappa shape index (κ3) is 6.54. The Hall–Kier alpha value is -3.68. The van der Waals surface area contributed by atoms with Crippen LogP contribution in [0.2, 0.25) is 0 Å². The van der Waals surface area contributed by atoms with Crippen molar-refractivity contribution < 1.29 is 23.8 Å². The first-order valence-electron chi connectivity index (χ1n) is 13.8. The zero-order valence-corrected chi connectivity index (χ0v) is 28.2. The van der Waals surface area contributed by atoms with Crippen molar-refractivity contribution in [3.63, 3.8) is 0 Å². The summed E-state index contributed by atoms with van der Waals surface area (Å²) >= 11 is 4.93. The molecule has 1 aliphatic rings. The van der Waals surface area contributed by atoms with Crippen LogP contribution in [0.4, 0.5) is 0 Å². The van der Waals surface area contributed by atoms with Crippen LogP contribution in [0.25, 0.3) is 11.8 Å². The molecule has 44 heavy (non-hydrogen) atoms. The molecule has 0 saturated heterocycles. The van der Waals surface area contributed by atoms with Crippen molar-refractivity contribution in [3.8, 4) is 11.5 Å². The van der Waals surface area contributed by atoms with Gasteiger partial charge in [0.1, 0.15) is 0 Å². The fourth-order valence-electron chi connectivity index (χ4n) is 4.87. The number of carbonyl (C=O) groups excluding carboxylic acids is 2. The molecule has 0 aliphatic carbocycles. The highest BCUT2D eigenvalue weighted by atomic mass is 127. The first kappa shape index (κ1) is 31.7. The molecule has 0 spiro atoms. The lowest BCUT2D eigenvalue weighted by atomic mass is 9.93. The van der Waals surface area contributed by atoms with E-state index >= 15 is 0 Å². The summed E-state index contributed by atoms with van der Waals surface area (Å²) in [5, 5.41) is 0. The van der Waals surface area contributed by atoms with E-state index in [9.17, 15) is 14.4 Å². The van der Waals surface area contributed by atoms with Gasteiger partial charge >= 0.3 is 11.9 Å². The Morgan fingerprint density at radius 3 is 2.43 bits per heavy atom. The van der Waals surface area contributed by atoms with E-state index in [0.717, 1.165) is 16.0 Å². The van der Waals surface area contributed by atoms with Crippen molar-refractivity contribution in [2.24, 2.45) is 4.99 Å². The molecule has 11 heteroatoms. The monoisotopic (exact) mass is 740 g/mol. The molecule has 0 fully saturated rings. The average molecular weight is 741 g/mol. The summed E-state index contributed by atoms with van der Waals surface area (Å²) in [6.45, 7) is 5.47. The van der Waals surface area contributed by atoms with E-state index < -0.39 is 18.0 Å². The van der Waals surface area contributed by atoms with Gasteiger partial charge in [-0.2, -0.15) is 0 Å². The molecule has 0 amide bonds. The number of thioether (sulfide) groups is 1. The van der Waals surface area contributed by atoms with Crippen LogP contribution in [0.3, 0.4) is 0 Å². The molecule has 1 aliphatic heterocycles. The minimum absolute atomic E-state index is 0.178. The highest BCUT2D eigenvalue weighted by Crippen LogP contribution is 2.37. The van der Waals surface area contributed by atoms with Gasteiger partial charge in [-0.1, -0.05) is 53.8 Å². The summed E-state index contributed by atoms with van der Waals surface area (Å²) in [5.74, 6) is -0.252. The summed E-state index contributed by atoms with van der Waals surface area (Å²) in [5.41, 5.74) is 2.67. The van der Waals surface area contributed by atoms with E-state index in [-0.39, 0.29) is 12.2 Å². The average Bonchev–Trinajstić information content (AvgIpc) is 3.32. The van der Waals surface area contributed by atoms with Crippen LogP contribution in [0.1, 0.15) is 43.5 Å². The predicted octanol–water partition coefficient (Wildman–Crippen LogP) is 5.59. The first-order chi connectivity index (χ1) is 21.2. The van der Waals surface area contributed by atoms with Gasteiger partial charge in [0, 0.05) is 17.4 Å².